The van der Waals surface area contributed by atoms with Crippen LogP contribution in [-0.2, 0) is 16.6 Å². The van der Waals surface area contributed by atoms with Gasteiger partial charge in [-0.05, 0) is 38.5 Å². The van der Waals surface area contributed by atoms with Gasteiger partial charge in [-0.15, -0.1) is 0 Å². The molecule has 0 saturated heterocycles. The van der Waals surface area contributed by atoms with E-state index in [1.807, 2.05) is 6.92 Å². The van der Waals surface area contributed by atoms with Gasteiger partial charge in [0.2, 0.25) is 10.0 Å². The standard InChI is InChI=1S/C16H23N3O4S/c1-6-19-12(3)16(10-17-19)24(20,21)18-11(2)13-7-8-14(22-4)15(9-13)23-5/h7-11,18H,6H2,1-5H3. The molecule has 0 aliphatic carbocycles. The van der Waals surface area contributed by atoms with Crippen LogP contribution < -0.4 is 14.2 Å². The van der Waals surface area contributed by atoms with Crippen molar-refractivity contribution in [2.45, 2.75) is 38.3 Å². The lowest BCUT2D eigenvalue weighted by Gasteiger charge is -2.16. The van der Waals surface area contributed by atoms with Crippen LogP contribution in [0.3, 0.4) is 0 Å². The highest BCUT2D eigenvalue weighted by atomic mass is 32.2. The number of nitrogens with one attached hydrogen (secondary N) is 1. The predicted octanol–water partition coefficient (Wildman–Crippen LogP) is 2.27. The first kappa shape index (κ1) is 18.3. The van der Waals surface area contributed by atoms with Crippen LogP contribution >= 0.6 is 0 Å². The van der Waals surface area contributed by atoms with E-state index in [-0.39, 0.29) is 4.90 Å². The van der Waals surface area contributed by atoms with Crippen LogP contribution in [0, 0.1) is 6.92 Å². The van der Waals surface area contributed by atoms with E-state index in [2.05, 4.69) is 9.82 Å². The molecule has 1 atom stereocenters. The Morgan fingerprint density at radius 2 is 1.92 bits per heavy atom. The third-order valence-corrected chi connectivity index (χ3v) is 5.53. The number of hydrogen-bond donors (Lipinski definition) is 1. The molecular formula is C16H23N3O4S. The van der Waals surface area contributed by atoms with E-state index in [4.69, 9.17) is 9.47 Å². The quantitative estimate of drug-likeness (QED) is 0.826. The molecule has 1 N–H and O–H groups in total. The largest absolute Gasteiger partial charge is 0.493 e. The number of ether oxygens (including phenoxy) is 2. The van der Waals surface area contributed by atoms with Crippen molar-refractivity contribution < 1.29 is 17.9 Å². The average Bonchev–Trinajstić information content (AvgIpc) is 2.95. The summed E-state index contributed by atoms with van der Waals surface area (Å²) in [6.07, 6.45) is 1.38. The van der Waals surface area contributed by atoms with Crippen molar-refractivity contribution in [2.75, 3.05) is 14.2 Å². The smallest absolute Gasteiger partial charge is 0.244 e. The van der Waals surface area contributed by atoms with Crippen molar-refractivity contribution in [1.29, 1.82) is 0 Å². The van der Waals surface area contributed by atoms with Crippen molar-refractivity contribution in [1.82, 2.24) is 14.5 Å². The molecule has 0 saturated carbocycles. The molecular weight excluding hydrogens is 330 g/mol. The Kier molecular flexibility index (Phi) is 5.51. The van der Waals surface area contributed by atoms with Crippen molar-refractivity contribution in [3.8, 4) is 11.5 Å². The van der Waals surface area contributed by atoms with Crippen molar-refractivity contribution in [3.63, 3.8) is 0 Å². The summed E-state index contributed by atoms with van der Waals surface area (Å²) in [7, 11) is -0.574. The van der Waals surface area contributed by atoms with Gasteiger partial charge in [-0.3, -0.25) is 4.68 Å². The van der Waals surface area contributed by atoms with Crippen LogP contribution in [0.25, 0.3) is 0 Å². The third-order valence-electron chi connectivity index (χ3n) is 3.89. The Morgan fingerprint density at radius 3 is 2.46 bits per heavy atom. The van der Waals surface area contributed by atoms with Crippen LogP contribution in [0.5, 0.6) is 11.5 Å². The molecule has 0 radical (unpaired) electrons. The first-order valence-electron chi connectivity index (χ1n) is 7.60. The van der Waals surface area contributed by atoms with Crippen LogP contribution in [0.1, 0.15) is 31.1 Å². The number of rotatable bonds is 7. The van der Waals surface area contributed by atoms with E-state index in [0.29, 0.717) is 23.7 Å². The highest BCUT2D eigenvalue weighted by Gasteiger charge is 2.23. The van der Waals surface area contributed by atoms with Crippen molar-refractivity contribution >= 4 is 10.0 Å². The number of hydrogen-bond acceptors (Lipinski definition) is 5. The number of aryl methyl sites for hydroxylation is 1. The van der Waals surface area contributed by atoms with Gasteiger partial charge in [-0.25, -0.2) is 13.1 Å². The van der Waals surface area contributed by atoms with Gasteiger partial charge >= 0.3 is 0 Å². The van der Waals surface area contributed by atoms with Gasteiger partial charge in [0.05, 0.1) is 26.1 Å². The van der Waals surface area contributed by atoms with Gasteiger partial charge < -0.3 is 9.47 Å². The molecule has 0 bridgehead atoms. The monoisotopic (exact) mass is 353 g/mol. The van der Waals surface area contributed by atoms with E-state index in [0.717, 1.165) is 5.56 Å². The van der Waals surface area contributed by atoms with Crippen molar-refractivity contribution in [2.24, 2.45) is 0 Å². The first-order valence-corrected chi connectivity index (χ1v) is 9.09. The van der Waals surface area contributed by atoms with Gasteiger partial charge in [0.25, 0.3) is 0 Å². The van der Waals surface area contributed by atoms with E-state index >= 15 is 0 Å². The average molecular weight is 353 g/mol. The second-order valence-corrected chi connectivity index (χ2v) is 7.05. The molecule has 2 aromatic rings. The number of sulfonamides is 1. The number of nitrogens with zero attached hydrogens (tertiary/aromatic N) is 2. The third kappa shape index (κ3) is 3.54. The summed E-state index contributed by atoms with van der Waals surface area (Å²) in [4.78, 5) is 0.191. The predicted molar refractivity (Wildman–Crippen MR) is 90.9 cm³/mol. The molecule has 1 aromatic heterocycles. The fourth-order valence-electron chi connectivity index (χ4n) is 2.50. The Morgan fingerprint density at radius 1 is 1.25 bits per heavy atom. The molecule has 1 heterocycles. The molecule has 7 nitrogen and oxygen atoms in total. The first-order chi connectivity index (χ1) is 11.3. The topological polar surface area (TPSA) is 82.5 Å². The summed E-state index contributed by atoms with van der Waals surface area (Å²) in [6.45, 7) is 6.05. The molecule has 132 valence electrons. The normalized spacial score (nSPS) is 12.9. The number of benzene rings is 1. The number of methoxy groups -OCH3 is 2. The minimum absolute atomic E-state index is 0.191. The molecule has 0 aliphatic heterocycles. The zero-order valence-corrected chi connectivity index (χ0v) is 15.3. The summed E-state index contributed by atoms with van der Waals surface area (Å²) in [6, 6.07) is 4.88. The molecule has 0 spiro atoms. The van der Waals surface area contributed by atoms with Crippen LogP contribution in [-0.4, -0.2) is 32.4 Å². The molecule has 0 aliphatic rings. The Balaban J connectivity index is 2.27. The minimum Gasteiger partial charge on any atom is -0.493 e. The van der Waals surface area contributed by atoms with E-state index in [9.17, 15) is 8.42 Å². The molecule has 1 unspecified atom stereocenters. The van der Waals surface area contributed by atoms with E-state index in [1.54, 1.807) is 50.9 Å². The molecule has 8 heteroatoms. The van der Waals surface area contributed by atoms with Gasteiger partial charge in [-0.2, -0.15) is 5.10 Å². The maximum atomic E-state index is 12.6. The van der Waals surface area contributed by atoms with Crippen LogP contribution in [0.4, 0.5) is 0 Å². The number of aromatic nitrogens is 2. The molecule has 24 heavy (non-hydrogen) atoms. The van der Waals surface area contributed by atoms with E-state index < -0.39 is 16.1 Å². The van der Waals surface area contributed by atoms with Gasteiger partial charge in [0.15, 0.2) is 11.5 Å². The lowest BCUT2D eigenvalue weighted by molar-refractivity contribution is 0.354. The summed E-state index contributed by atoms with van der Waals surface area (Å²) in [5, 5.41) is 4.09. The Hall–Kier alpha value is -2.06. The summed E-state index contributed by atoms with van der Waals surface area (Å²) >= 11 is 0. The second kappa shape index (κ2) is 7.23. The minimum atomic E-state index is -3.67. The summed E-state index contributed by atoms with van der Waals surface area (Å²) in [5.41, 5.74) is 1.39. The maximum absolute atomic E-state index is 12.6. The summed E-state index contributed by atoms with van der Waals surface area (Å²) < 4.78 is 40.0. The van der Waals surface area contributed by atoms with Crippen LogP contribution in [0.15, 0.2) is 29.3 Å². The molecule has 0 amide bonds. The second-order valence-electron chi connectivity index (χ2n) is 5.37. The highest BCUT2D eigenvalue weighted by Crippen LogP contribution is 2.30. The Bertz CT molecular complexity index is 815. The van der Waals surface area contributed by atoms with Gasteiger partial charge in [-0.1, -0.05) is 6.07 Å². The Labute approximate surface area is 142 Å². The fraction of sp³-hybridized carbons (Fsp3) is 0.438. The zero-order chi connectivity index (χ0) is 17.9. The molecule has 1 aromatic carbocycles. The van der Waals surface area contributed by atoms with Gasteiger partial charge in [0, 0.05) is 12.6 Å². The van der Waals surface area contributed by atoms with Gasteiger partial charge in [0.1, 0.15) is 4.90 Å². The lowest BCUT2D eigenvalue weighted by atomic mass is 10.1. The molecule has 2 rings (SSSR count). The summed E-state index contributed by atoms with van der Waals surface area (Å²) in [5.74, 6) is 1.15. The highest BCUT2D eigenvalue weighted by molar-refractivity contribution is 7.89. The van der Waals surface area contributed by atoms with Crippen molar-refractivity contribution in [3.05, 3.63) is 35.7 Å². The molecule has 0 fully saturated rings. The maximum Gasteiger partial charge on any atom is 0.244 e. The fourth-order valence-corrected chi connectivity index (χ4v) is 3.91. The SMILES string of the molecule is CCn1ncc(S(=O)(=O)NC(C)c2ccc(OC)c(OC)c2)c1C. The van der Waals surface area contributed by atoms with Crippen LogP contribution in [0.2, 0.25) is 0 Å². The van der Waals surface area contributed by atoms with E-state index in [1.165, 1.54) is 6.20 Å². The zero-order valence-electron chi connectivity index (χ0n) is 14.5. The lowest BCUT2D eigenvalue weighted by Crippen LogP contribution is -2.27.